The lowest BCUT2D eigenvalue weighted by Crippen LogP contribution is -2.33. The van der Waals surface area contributed by atoms with Gasteiger partial charge in [-0.1, -0.05) is 0 Å². The van der Waals surface area contributed by atoms with Crippen molar-refractivity contribution in [3.63, 3.8) is 0 Å². The maximum atomic E-state index is 11.4. The summed E-state index contributed by atoms with van der Waals surface area (Å²) in [5.41, 5.74) is 0. The minimum atomic E-state index is -3.96. The Kier molecular flexibility index (Phi) is 2.21. The van der Waals surface area contributed by atoms with Gasteiger partial charge in [-0.25, -0.2) is 17.6 Å². The second-order valence-electron chi connectivity index (χ2n) is 1.25. The zero-order valence-electron chi connectivity index (χ0n) is 3.74. The van der Waals surface area contributed by atoms with E-state index in [1.165, 1.54) is 0 Å². The van der Waals surface area contributed by atoms with Crippen molar-refractivity contribution in [2.24, 2.45) is 0 Å². The highest BCUT2D eigenvalue weighted by Gasteiger charge is 2.37. The second-order valence-corrected chi connectivity index (χ2v) is 1.25. The zero-order valence-corrected chi connectivity index (χ0v) is 3.74. The maximum absolute atomic E-state index is 11.4. The fourth-order valence-corrected chi connectivity index (χ4v) is 0.0583. The van der Waals surface area contributed by atoms with E-state index in [0.717, 1.165) is 0 Å². The molecule has 0 fully saturated rings. The lowest BCUT2D eigenvalue weighted by Gasteiger charge is -2.11. The summed E-state index contributed by atoms with van der Waals surface area (Å²) in [5, 5.41) is 7.61. The molecule has 5 heteroatoms. The van der Waals surface area contributed by atoms with E-state index in [0.29, 0.717) is 0 Å². The van der Waals surface area contributed by atoms with E-state index in [2.05, 4.69) is 0 Å². The Morgan fingerprint density at radius 1 is 1.50 bits per heavy atom. The molecule has 0 heterocycles. The van der Waals surface area contributed by atoms with Crippen molar-refractivity contribution < 1.29 is 22.7 Å². The SMILES string of the molecule is OC(F)(CF)C(F)F. The van der Waals surface area contributed by atoms with Crippen molar-refractivity contribution >= 4 is 0 Å². The molecule has 1 nitrogen and oxygen atoms in total. The standard InChI is InChI=1S/C3H4F4O/c4-1-3(7,8)2(5)6/h2,8H,1H2. The number of alkyl halides is 4. The molecule has 1 unspecified atom stereocenters. The molecule has 0 amide bonds. The summed E-state index contributed by atoms with van der Waals surface area (Å²) in [7, 11) is 0. The van der Waals surface area contributed by atoms with Crippen LogP contribution in [0.25, 0.3) is 0 Å². The van der Waals surface area contributed by atoms with E-state index >= 15 is 0 Å². The van der Waals surface area contributed by atoms with E-state index in [1.54, 1.807) is 0 Å². The molecule has 1 N–H and O–H groups in total. The normalized spacial score (nSPS) is 18.8. The van der Waals surface area contributed by atoms with Gasteiger partial charge in [0.15, 0.2) is 6.67 Å². The van der Waals surface area contributed by atoms with Gasteiger partial charge in [0.25, 0.3) is 12.3 Å². The van der Waals surface area contributed by atoms with Crippen LogP contribution in [0.15, 0.2) is 0 Å². The van der Waals surface area contributed by atoms with Gasteiger partial charge in [0.2, 0.25) is 0 Å². The number of rotatable bonds is 2. The molecule has 0 saturated carbocycles. The Bertz CT molecular complexity index is 71.7. The van der Waals surface area contributed by atoms with E-state index < -0.39 is 19.0 Å². The summed E-state index contributed by atoms with van der Waals surface area (Å²) >= 11 is 0. The van der Waals surface area contributed by atoms with E-state index in [1.807, 2.05) is 0 Å². The third-order valence-electron chi connectivity index (χ3n) is 0.522. The van der Waals surface area contributed by atoms with Crippen LogP contribution < -0.4 is 0 Å². The van der Waals surface area contributed by atoms with E-state index in [9.17, 15) is 17.6 Å². The molecule has 0 saturated heterocycles. The molecule has 0 rings (SSSR count). The van der Waals surface area contributed by atoms with Crippen molar-refractivity contribution in [2.45, 2.75) is 12.3 Å². The molecule has 0 aromatic carbocycles. The fourth-order valence-electron chi connectivity index (χ4n) is 0.0583. The van der Waals surface area contributed by atoms with Gasteiger partial charge in [0, 0.05) is 0 Å². The molecule has 0 aliphatic rings. The lowest BCUT2D eigenvalue weighted by molar-refractivity contribution is -0.194. The average molecular weight is 132 g/mol. The Labute approximate surface area is 42.9 Å². The Morgan fingerprint density at radius 3 is 1.88 bits per heavy atom. The highest BCUT2D eigenvalue weighted by atomic mass is 19.3. The second kappa shape index (κ2) is 2.30. The third kappa shape index (κ3) is 1.65. The Hall–Kier alpha value is -0.320. The summed E-state index contributed by atoms with van der Waals surface area (Å²) < 4.78 is 44.2. The van der Waals surface area contributed by atoms with E-state index in [-0.39, 0.29) is 0 Å². The molecule has 0 aromatic rings. The average Bonchev–Trinajstić information content (AvgIpc) is 1.67. The molecule has 0 radical (unpaired) electrons. The highest BCUT2D eigenvalue weighted by molar-refractivity contribution is 4.64. The summed E-state index contributed by atoms with van der Waals surface area (Å²) in [4.78, 5) is 0. The van der Waals surface area contributed by atoms with Gasteiger partial charge in [0.1, 0.15) is 0 Å². The number of halogens is 4. The van der Waals surface area contributed by atoms with Gasteiger partial charge in [-0.2, -0.15) is 0 Å². The molecular weight excluding hydrogens is 128 g/mol. The molecule has 8 heavy (non-hydrogen) atoms. The van der Waals surface area contributed by atoms with Crippen LogP contribution in [0.4, 0.5) is 17.6 Å². The van der Waals surface area contributed by atoms with Gasteiger partial charge in [-0.3, -0.25) is 0 Å². The summed E-state index contributed by atoms with van der Waals surface area (Å²) in [5.74, 6) is -3.96. The maximum Gasteiger partial charge on any atom is 0.298 e. The molecule has 0 aliphatic carbocycles. The minimum absolute atomic E-state index is 2.08. The van der Waals surface area contributed by atoms with E-state index in [4.69, 9.17) is 5.11 Å². The largest absolute Gasteiger partial charge is 0.355 e. The fraction of sp³-hybridized carbons (Fsp3) is 1.00. The van der Waals surface area contributed by atoms with Crippen LogP contribution in [0.3, 0.4) is 0 Å². The van der Waals surface area contributed by atoms with Crippen LogP contribution in [-0.4, -0.2) is 24.1 Å². The summed E-state index contributed by atoms with van der Waals surface area (Å²) in [6.45, 7) is -2.08. The summed E-state index contributed by atoms with van der Waals surface area (Å²) in [6, 6.07) is 0. The first-order valence-corrected chi connectivity index (χ1v) is 1.76. The Balaban J connectivity index is 3.71. The third-order valence-corrected chi connectivity index (χ3v) is 0.522. The first-order chi connectivity index (χ1) is 3.50. The van der Waals surface area contributed by atoms with Crippen molar-refractivity contribution in [3.05, 3.63) is 0 Å². The van der Waals surface area contributed by atoms with Crippen molar-refractivity contribution in [3.8, 4) is 0 Å². The molecule has 0 aromatic heterocycles. The lowest BCUT2D eigenvalue weighted by atomic mass is 10.4. The van der Waals surface area contributed by atoms with Crippen LogP contribution in [0.5, 0.6) is 0 Å². The molecular formula is C3H4F4O. The molecule has 50 valence electrons. The molecule has 0 aliphatic heterocycles. The van der Waals surface area contributed by atoms with Crippen LogP contribution in [0, 0.1) is 0 Å². The van der Waals surface area contributed by atoms with Gasteiger partial charge in [-0.15, -0.1) is 0 Å². The monoisotopic (exact) mass is 132 g/mol. The van der Waals surface area contributed by atoms with Crippen LogP contribution in [0.1, 0.15) is 0 Å². The smallest absolute Gasteiger partial charge is 0.298 e. The first kappa shape index (κ1) is 7.68. The Morgan fingerprint density at radius 2 is 1.88 bits per heavy atom. The van der Waals surface area contributed by atoms with Gasteiger partial charge in [-0.05, 0) is 0 Å². The van der Waals surface area contributed by atoms with Crippen LogP contribution in [0.2, 0.25) is 0 Å². The van der Waals surface area contributed by atoms with Crippen molar-refractivity contribution in [1.82, 2.24) is 0 Å². The predicted octanol–water partition coefficient (Wildman–Crippen LogP) is 0.879. The quantitative estimate of drug-likeness (QED) is 0.553. The number of hydrogen-bond acceptors (Lipinski definition) is 1. The van der Waals surface area contributed by atoms with Crippen LogP contribution in [-0.2, 0) is 0 Å². The van der Waals surface area contributed by atoms with Crippen molar-refractivity contribution in [2.75, 3.05) is 6.67 Å². The number of hydrogen-bond donors (Lipinski definition) is 1. The zero-order chi connectivity index (χ0) is 6.78. The predicted molar refractivity (Wildman–Crippen MR) is 18.0 cm³/mol. The van der Waals surface area contributed by atoms with Gasteiger partial charge >= 0.3 is 0 Å². The summed E-state index contributed by atoms with van der Waals surface area (Å²) in [6.07, 6.45) is -3.67. The van der Waals surface area contributed by atoms with Crippen LogP contribution >= 0.6 is 0 Å². The van der Waals surface area contributed by atoms with Gasteiger partial charge < -0.3 is 5.11 Å². The topological polar surface area (TPSA) is 20.2 Å². The number of aliphatic hydroxyl groups is 1. The minimum Gasteiger partial charge on any atom is -0.355 e. The first-order valence-electron chi connectivity index (χ1n) is 1.76. The molecule has 1 atom stereocenters. The molecule has 0 spiro atoms. The van der Waals surface area contributed by atoms with Gasteiger partial charge in [0.05, 0.1) is 0 Å². The molecule has 0 bridgehead atoms. The van der Waals surface area contributed by atoms with Crippen molar-refractivity contribution in [1.29, 1.82) is 0 Å². The highest BCUT2D eigenvalue weighted by Crippen LogP contribution is 2.16.